The molecule has 1 saturated heterocycles. The Morgan fingerprint density at radius 3 is 2.72 bits per heavy atom. The number of hydrogen-bond acceptors (Lipinski definition) is 2. The first-order valence-electron chi connectivity index (χ1n) is 6.72. The van der Waals surface area contributed by atoms with Crippen LogP contribution in [0.15, 0.2) is 18.2 Å². The van der Waals surface area contributed by atoms with Crippen molar-refractivity contribution >= 4 is 5.91 Å². The molecule has 0 radical (unpaired) electrons. The van der Waals surface area contributed by atoms with E-state index in [-0.39, 0.29) is 5.91 Å². The topological polar surface area (TPSA) is 32.3 Å². The van der Waals surface area contributed by atoms with Gasteiger partial charge in [-0.3, -0.25) is 4.79 Å². The first kappa shape index (κ1) is 13.1. The van der Waals surface area contributed by atoms with Crippen LogP contribution in [0.5, 0.6) is 0 Å². The van der Waals surface area contributed by atoms with Gasteiger partial charge in [0.05, 0.1) is 0 Å². The van der Waals surface area contributed by atoms with Crippen LogP contribution in [0.25, 0.3) is 0 Å². The zero-order valence-corrected chi connectivity index (χ0v) is 11.3. The third-order valence-corrected chi connectivity index (χ3v) is 3.79. The van der Waals surface area contributed by atoms with Gasteiger partial charge < -0.3 is 10.2 Å². The van der Waals surface area contributed by atoms with Crippen molar-refractivity contribution in [3.8, 4) is 0 Å². The van der Waals surface area contributed by atoms with Crippen molar-refractivity contribution in [3.63, 3.8) is 0 Å². The monoisotopic (exact) mass is 246 g/mol. The van der Waals surface area contributed by atoms with Crippen molar-refractivity contribution in [1.29, 1.82) is 0 Å². The number of aryl methyl sites for hydroxylation is 2. The van der Waals surface area contributed by atoms with E-state index in [4.69, 9.17) is 0 Å². The van der Waals surface area contributed by atoms with Crippen LogP contribution in [0.2, 0.25) is 0 Å². The number of piperazine rings is 1. The van der Waals surface area contributed by atoms with E-state index in [0.717, 1.165) is 32.6 Å². The van der Waals surface area contributed by atoms with E-state index < -0.39 is 0 Å². The number of carbonyl (C=O) groups excluding carboxylic acids is 1. The van der Waals surface area contributed by atoms with Crippen LogP contribution in [0.3, 0.4) is 0 Å². The number of amides is 1. The molecule has 1 fully saturated rings. The van der Waals surface area contributed by atoms with Crippen molar-refractivity contribution in [2.45, 2.75) is 26.7 Å². The second kappa shape index (κ2) is 6.01. The Kier molecular flexibility index (Phi) is 4.37. The average Bonchev–Trinajstić information content (AvgIpc) is 2.41. The Hall–Kier alpha value is -1.35. The molecule has 1 aromatic rings. The molecule has 2 rings (SSSR count). The standard InChI is InChI=1S/C15H22N2O/c1-12-4-3-5-14(13(12)2)6-7-15(18)17-10-8-16-9-11-17/h3-5,16H,6-11H2,1-2H3. The van der Waals surface area contributed by atoms with Crippen LogP contribution < -0.4 is 5.32 Å². The average molecular weight is 246 g/mol. The maximum Gasteiger partial charge on any atom is 0.222 e. The van der Waals surface area contributed by atoms with Crippen molar-refractivity contribution < 1.29 is 4.79 Å². The highest BCUT2D eigenvalue weighted by Crippen LogP contribution is 2.15. The summed E-state index contributed by atoms with van der Waals surface area (Å²) in [6.45, 7) is 7.82. The maximum atomic E-state index is 12.1. The normalized spacial score (nSPS) is 15.8. The first-order valence-corrected chi connectivity index (χ1v) is 6.72. The molecule has 0 aromatic heterocycles. The Morgan fingerprint density at radius 2 is 2.00 bits per heavy atom. The van der Waals surface area contributed by atoms with Crippen LogP contribution in [-0.2, 0) is 11.2 Å². The Balaban J connectivity index is 1.90. The van der Waals surface area contributed by atoms with Gasteiger partial charge in [0.25, 0.3) is 0 Å². The van der Waals surface area contributed by atoms with E-state index in [9.17, 15) is 4.79 Å². The third kappa shape index (κ3) is 3.10. The number of nitrogens with one attached hydrogen (secondary N) is 1. The molecule has 0 saturated carbocycles. The lowest BCUT2D eigenvalue weighted by Gasteiger charge is -2.27. The minimum Gasteiger partial charge on any atom is -0.340 e. The summed E-state index contributed by atoms with van der Waals surface area (Å²) in [6, 6.07) is 6.33. The fourth-order valence-corrected chi connectivity index (χ4v) is 2.40. The van der Waals surface area contributed by atoms with Crippen LogP contribution >= 0.6 is 0 Å². The fraction of sp³-hybridized carbons (Fsp3) is 0.533. The number of nitrogens with zero attached hydrogens (tertiary/aromatic N) is 1. The molecule has 0 unspecified atom stereocenters. The summed E-state index contributed by atoms with van der Waals surface area (Å²) < 4.78 is 0. The highest BCUT2D eigenvalue weighted by molar-refractivity contribution is 5.76. The third-order valence-electron chi connectivity index (χ3n) is 3.79. The van der Waals surface area contributed by atoms with Gasteiger partial charge in [-0.2, -0.15) is 0 Å². The van der Waals surface area contributed by atoms with Gasteiger partial charge >= 0.3 is 0 Å². The lowest BCUT2D eigenvalue weighted by Crippen LogP contribution is -2.46. The number of hydrogen-bond donors (Lipinski definition) is 1. The highest BCUT2D eigenvalue weighted by Gasteiger charge is 2.15. The lowest BCUT2D eigenvalue weighted by atomic mass is 9.99. The van der Waals surface area contributed by atoms with Gasteiger partial charge in [-0.1, -0.05) is 18.2 Å². The van der Waals surface area contributed by atoms with Crippen molar-refractivity contribution in [3.05, 3.63) is 34.9 Å². The maximum absolute atomic E-state index is 12.1. The number of benzene rings is 1. The molecule has 3 nitrogen and oxygen atoms in total. The van der Waals surface area contributed by atoms with Gasteiger partial charge in [-0.05, 0) is 37.0 Å². The summed E-state index contributed by atoms with van der Waals surface area (Å²) in [6.07, 6.45) is 1.49. The van der Waals surface area contributed by atoms with Crippen molar-refractivity contribution in [2.24, 2.45) is 0 Å². The molecule has 0 spiro atoms. The number of carbonyl (C=O) groups is 1. The Labute approximate surface area is 109 Å². The molecule has 1 N–H and O–H groups in total. The van der Waals surface area contributed by atoms with Crippen molar-refractivity contribution in [1.82, 2.24) is 10.2 Å². The van der Waals surface area contributed by atoms with Gasteiger partial charge in [-0.25, -0.2) is 0 Å². The summed E-state index contributed by atoms with van der Waals surface area (Å²) in [5, 5.41) is 3.27. The smallest absolute Gasteiger partial charge is 0.222 e. The van der Waals surface area contributed by atoms with Crippen LogP contribution in [0, 0.1) is 13.8 Å². The molecule has 98 valence electrons. The molecule has 1 amide bonds. The van der Waals surface area contributed by atoms with Crippen LogP contribution in [-0.4, -0.2) is 37.0 Å². The molecule has 0 bridgehead atoms. The molecule has 1 aromatic carbocycles. The summed E-state index contributed by atoms with van der Waals surface area (Å²) in [5.41, 5.74) is 3.94. The molecular formula is C15H22N2O. The van der Waals surface area contributed by atoms with E-state index in [1.807, 2.05) is 4.90 Å². The molecule has 1 aliphatic rings. The van der Waals surface area contributed by atoms with Crippen LogP contribution in [0.1, 0.15) is 23.1 Å². The first-order chi connectivity index (χ1) is 8.68. The molecule has 18 heavy (non-hydrogen) atoms. The zero-order chi connectivity index (χ0) is 13.0. The van der Waals surface area contributed by atoms with Gasteiger partial charge in [0, 0.05) is 32.6 Å². The second-order valence-electron chi connectivity index (χ2n) is 4.99. The summed E-state index contributed by atoms with van der Waals surface area (Å²) in [7, 11) is 0. The second-order valence-corrected chi connectivity index (χ2v) is 4.99. The zero-order valence-electron chi connectivity index (χ0n) is 11.3. The van der Waals surface area contributed by atoms with E-state index in [1.165, 1.54) is 16.7 Å². The number of rotatable bonds is 3. The largest absolute Gasteiger partial charge is 0.340 e. The molecule has 3 heteroatoms. The van der Waals surface area contributed by atoms with Gasteiger partial charge in [0.15, 0.2) is 0 Å². The molecule has 1 heterocycles. The summed E-state index contributed by atoms with van der Waals surface area (Å²) in [4.78, 5) is 14.0. The van der Waals surface area contributed by atoms with E-state index in [1.54, 1.807) is 0 Å². The lowest BCUT2D eigenvalue weighted by molar-refractivity contribution is -0.131. The minimum absolute atomic E-state index is 0.289. The van der Waals surface area contributed by atoms with E-state index >= 15 is 0 Å². The van der Waals surface area contributed by atoms with E-state index in [2.05, 4.69) is 37.4 Å². The minimum atomic E-state index is 0.289. The molecule has 0 aliphatic carbocycles. The Morgan fingerprint density at radius 1 is 1.28 bits per heavy atom. The molecular weight excluding hydrogens is 224 g/mol. The predicted molar refractivity (Wildman–Crippen MR) is 73.7 cm³/mol. The summed E-state index contributed by atoms with van der Waals surface area (Å²) in [5.74, 6) is 0.289. The highest BCUT2D eigenvalue weighted by atomic mass is 16.2. The fourth-order valence-electron chi connectivity index (χ4n) is 2.40. The molecule has 1 aliphatic heterocycles. The summed E-state index contributed by atoms with van der Waals surface area (Å²) >= 11 is 0. The van der Waals surface area contributed by atoms with Crippen LogP contribution in [0.4, 0.5) is 0 Å². The van der Waals surface area contributed by atoms with Gasteiger partial charge in [0.2, 0.25) is 5.91 Å². The Bertz CT molecular complexity index is 423. The molecule has 0 atom stereocenters. The van der Waals surface area contributed by atoms with E-state index in [0.29, 0.717) is 6.42 Å². The van der Waals surface area contributed by atoms with Crippen molar-refractivity contribution in [2.75, 3.05) is 26.2 Å². The SMILES string of the molecule is Cc1cccc(CCC(=O)N2CCNCC2)c1C. The quantitative estimate of drug-likeness (QED) is 0.880. The van der Waals surface area contributed by atoms with Gasteiger partial charge in [0.1, 0.15) is 0 Å². The van der Waals surface area contributed by atoms with Gasteiger partial charge in [-0.15, -0.1) is 0 Å². The predicted octanol–water partition coefficient (Wildman–Crippen LogP) is 1.67.